The lowest BCUT2D eigenvalue weighted by atomic mass is 9.93. The number of nitrogens with zero attached hydrogens (tertiary/aromatic N) is 1. The van der Waals surface area contributed by atoms with Gasteiger partial charge in [0.05, 0.1) is 5.92 Å². The highest BCUT2D eigenvalue weighted by molar-refractivity contribution is 5.77. The van der Waals surface area contributed by atoms with Gasteiger partial charge in [0.2, 0.25) is 0 Å². The van der Waals surface area contributed by atoms with Gasteiger partial charge in [0.25, 0.3) is 0 Å². The molecule has 0 bridgehead atoms. The Balaban J connectivity index is 2.47. The van der Waals surface area contributed by atoms with Crippen molar-refractivity contribution >= 4 is 12.1 Å². The topological polar surface area (TPSA) is 66.8 Å². The lowest BCUT2D eigenvalue weighted by molar-refractivity contribution is -0.183. The van der Waals surface area contributed by atoms with Crippen LogP contribution in [0.4, 0.5) is 13.6 Å². The standard InChI is InChI=1S/C10H15F2NO4/c1-9(2,3)17-8(16)13-4-6(5-13)10(11,12)7(14)15/h6H,4-5H2,1-3H3,(H,14,15). The predicted octanol–water partition coefficient (Wildman–Crippen LogP) is 1.57. The van der Waals surface area contributed by atoms with Crippen molar-refractivity contribution in [3.63, 3.8) is 0 Å². The van der Waals surface area contributed by atoms with Gasteiger partial charge in [0.1, 0.15) is 5.60 Å². The molecule has 1 aliphatic heterocycles. The molecule has 0 unspecified atom stereocenters. The van der Waals surface area contributed by atoms with E-state index in [0.29, 0.717) is 0 Å². The maximum absolute atomic E-state index is 13.0. The first-order valence-corrected chi connectivity index (χ1v) is 5.13. The van der Waals surface area contributed by atoms with E-state index in [4.69, 9.17) is 9.84 Å². The predicted molar refractivity (Wildman–Crippen MR) is 53.9 cm³/mol. The van der Waals surface area contributed by atoms with Gasteiger partial charge in [-0.15, -0.1) is 0 Å². The number of halogens is 2. The summed E-state index contributed by atoms with van der Waals surface area (Å²) in [7, 11) is 0. The number of alkyl halides is 2. The Morgan fingerprint density at radius 3 is 2.12 bits per heavy atom. The highest BCUT2D eigenvalue weighted by atomic mass is 19.3. The molecule has 1 heterocycles. The average molecular weight is 251 g/mol. The summed E-state index contributed by atoms with van der Waals surface area (Å²) in [6.07, 6.45) is -0.699. The average Bonchev–Trinajstić information content (AvgIpc) is 1.95. The van der Waals surface area contributed by atoms with E-state index < -0.39 is 29.5 Å². The molecular formula is C10H15F2NO4. The van der Waals surface area contributed by atoms with E-state index in [1.807, 2.05) is 0 Å². The summed E-state index contributed by atoms with van der Waals surface area (Å²) in [5.74, 6) is -7.29. The second-order valence-corrected chi connectivity index (χ2v) is 5.01. The molecule has 17 heavy (non-hydrogen) atoms. The molecule has 1 fully saturated rings. The molecule has 0 atom stereocenters. The number of ether oxygens (including phenoxy) is 1. The van der Waals surface area contributed by atoms with Crippen molar-refractivity contribution in [2.75, 3.05) is 13.1 Å². The molecule has 0 saturated carbocycles. The summed E-state index contributed by atoms with van der Waals surface area (Å²) in [4.78, 5) is 22.7. The number of carbonyl (C=O) groups is 2. The van der Waals surface area contributed by atoms with E-state index in [-0.39, 0.29) is 13.1 Å². The maximum atomic E-state index is 13.0. The van der Waals surface area contributed by atoms with Crippen LogP contribution >= 0.6 is 0 Å². The molecule has 7 heteroatoms. The fraction of sp³-hybridized carbons (Fsp3) is 0.800. The highest BCUT2D eigenvalue weighted by Gasteiger charge is 2.54. The number of hydrogen-bond donors (Lipinski definition) is 1. The second kappa shape index (κ2) is 4.12. The Labute approximate surface area is 97.3 Å². The van der Waals surface area contributed by atoms with E-state index >= 15 is 0 Å². The summed E-state index contributed by atoms with van der Waals surface area (Å²) >= 11 is 0. The molecule has 0 spiro atoms. The first-order valence-electron chi connectivity index (χ1n) is 5.13. The van der Waals surface area contributed by atoms with Gasteiger partial charge in [-0.2, -0.15) is 8.78 Å². The number of amides is 1. The Kier molecular flexibility index (Phi) is 3.31. The Morgan fingerprint density at radius 1 is 1.29 bits per heavy atom. The van der Waals surface area contributed by atoms with Gasteiger partial charge >= 0.3 is 18.0 Å². The zero-order valence-electron chi connectivity index (χ0n) is 9.87. The van der Waals surface area contributed by atoms with Gasteiger partial charge in [0, 0.05) is 13.1 Å². The van der Waals surface area contributed by atoms with Crippen molar-refractivity contribution in [1.82, 2.24) is 4.90 Å². The van der Waals surface area contributed by atoms with Crippen LogP contribution in [0.15, 0.2) is 0 Å². The lowest BCUT2D eigenvalue weighted by Gasteiger charge is -2.41. The Bertz CT molecular complexity index is 332. The molecule has 98 valence electrons. The number of carboxylic acid groups (broad SMARTS) is 1. The van der Waals surface area contributed by atoms with Crippen molar-refractivity contribution in [3.8, 4) is 0 Å². The van der Waals surface area contributed by atoms with Crippen molar-refractivity contribution in [3.05, 3.63) is 0 Å². The van der Waals surface area contributed by atoms with Crippen LogP contribution in [-0.2, 0) is 9.53 Å². The van der Waals surface area contributed by atoms with E-state index in [9.17, 15) is 18.4 Å². The van der Waals surface area contributed by atoms with E-state index in [2.05, 4.69) is 0 Å². The molecule has 0 aliphatic carbocycles. The van der Waals surface area contributed by atoms with Gasteiger partial charge in [-0.1, -0.05) is 0 Å². The third-order valence-corrected chi connectivity index (χ3v) is 2.33. The van der Waals surface area contributed by atoms with Crippen LogP contribution in [0.5, 0.6) is 0 Å². The number of aliphatic carboxylic acids is 1. The SMILES string of the molecule is CC(C)(C)OC(=O)N1CC(C(F)(F)C(=O)O)C1. The number of likely N-dealkylation sites (tertiary alicyclic amines) is 1. The zero-order chi connectivity index (χ0) is 13.4. The number of carboxylic acids is 1. The molecular weight excluding hydrogens is 236 g/mol. The van der Waals surface area contributed by atoms with Crippen LogP contribution in [0.2, 0.25) is 0 Å². The Hall–Kier alpha value is -1.40. The number of rotatable bonds is 2. The molecule has 1 aliphatic rings. The third-order valence-electron chi connectivity index (χ3n) is 2.33. The van der Waals surface area contributed by atoms with Crippen LogP contribution in [-0.4, -0.2) is 46.7 Å². The lowest BCUT2D eigenvalue weighted by Crippen LogP contribution is -2.59. The number of carbonyl (C=O) groups excluding carboxylic acids is 1. The van der Waals surface area contributed by atoms with Gasteiger partial charge in [-0.05, 0) is 20.8 Å². The molecule has 0 radical (unpaired) electrons. The van der Waals surface area contributed by atoms with Crippen molar-refractivity contribution in [2.45, 2.75) is 32.3 Å². The summed E-state index contributed by atoms with van der Waals surface area (Å²) < 4.78 is 30.9. The van der Waals surface area contributed by atoms with Crippen LogP contribution in [0.25, 0.3) is 0 Å². The number of hydrogen-bond acceptors (Lipinski definition) is 3. The van der Waals surface area contributed by atoms with Gasteiger partial charge in [-0.25, -0.2) is 9.59 Å². The van der Waals surface area contributed by atoms with E-state index in [1.165, 1.54) is 0 Å². The minimum Gasteiger partial charge on any atom is -0.477 e. The van der Waals surface area contributed by atoms with Crippen molar-refractivity contribution < 1.29 is 28.2 Å². The minimum atomic E-state index is -3.79. The maximum Gasteiger partial charge on any atom is 0.410 e. The molecule has 1 amide bonds. The van der Waals surface area contributed by atoms with Crippen LogP contribution in [0.3, 0.4) is 0 Å². The van der Waals surface area contributed by atoms with E-state index in [0.717, 1.165) is 4.90 Å². The molecule has 0 aromatic carbocycles. The van der Waals surface area contributed by atoms with Crippen LogP contribution in [0, 0.1) is 5.92 Å². The summed E-state index contributed by atoms with van der Waals surface area (Å²) in [6, 6.07) is 0. The molecule has 1 saturated heterocycles. The minimum absolute atomic E-state index is 0.297. The van der Waals surface area contributed by atoms with Gasteiger partial charge < -0.3 is 14.7 Å². The molecule has 1 rings (SSSR count). The third kappa shape index (κ3) is 3.04. The van der Waals surface area contributed by atoms with Gasteiger partial charge in [-0.3, -0.25) is 0 Å². The molecule has 0 aromatic heterocycles. The second-order valence-electron chi connectivity index (χ2n) is 5.01. The van der Waals surface area contributed by atoms with Gasteiger partial charge in [0.15, 0.2) is 0 Å². The monoisotopic (exact) mass is 251 g/mol. The first-order chi connectivity index (χ1) is 7.54. The van der Waals surface area contributed by atoms with E-state index in [1.54, 1.807) is 20.8 Å². The summed E-state index contributed by atoms with van der Waals surface area (Å²) in [6.45, 7) is 4.39. The molecule has 5 nitrogen and oxygen atoms in total. The van der Waals surface area contributed by atoms with Crippen LogP contribution in [0.1, 0.15) is 20.8 Å². The smallest absolute Gasteiger partial charge is 0.410 e. The molecule has 1 N–H and O–H groups in total. The zero-order valence-corrected chi connectivity index (χ0v) is 9.87. The molecule has 0 aromatic rings. The normalized spacial score (nSPS) is 17.6. The summed E-state index contributed by atoms with van der Waals surface area (Å²) in [5.41, 5.74) is -0.697. The van der Waals surface area contributed by atoms with Crippen molar-refractivity contribution in [2.24, 2.45) is 5.92 Å². The van der Waals surface area contributed by atoms with Crippen LogP contribution < -0.4 is 0 Å². The first kappa shape index (κ1) is 13.7. The fourth-order valence-electron chi connectivity index (χ4n) is 1.36. The summed E-state index contributed by atoms with van der Waals surface area (Å²) in [5, 5.41) is 8.30. The largest absolute Gasteiger partial charge is 0.477 e. The highest BCUT2D eigenvalue weighted by Crippen LogP contribution is 2.33. The van der Waals surface area contributed by atoms with Crippen molar-refractivity contribution in [1.29, 1.82) is 0 Å². The quantitative estimate of drug-likeness (QED) is 0.809. The Morgan fingerprint density at radius 2 is 1.76 bits per heavy atom. The fourth-order valence-corrected chi connectivity index (χ4v) is 1.36.